The van der Waals surface area contributed by atoms with E-state index in [2.05, 4.69) is 73.5 Å². The van der Waals surface area contributed by atoms with Crippen molar-refractivity contribution in [3.05, 3.63) is 50.5 Å². The van der Waals surface area contributed by atoms with Gasteiger partial charge in [0.2, 0.25) is 5.88 Å². The minimum Gasteiger partial charge on any atom is -0.476 e. The predicted octanol–water partition coefficient (Wildman–Crippen LogP) is 5.03. The fourth-order valence-corrected chi connectivity index (χ4v) is 5.79. The van der Waals surface area contributed by atoms with Crippen LogP contribution in [-0.2, 0) is 18.8 Å². The largest absolute Gasteiger partial charge is 0.476 e. The van der Waals surface area contributed by atoms with Crippen LogP contribution in [0.4, 0.5) is 0 Å². The monoisotopic (exact) mass is 693 g/mol. The number of amides is 1. The number of nitrogens with zero attached hydrogens (tertiary/aromatic N) is 7. The molecule has 1 fully saturated rings. The molecule has 1 atom stereocenters. The first-order chi connectivity index (χ1) is 18.3. The first kappa shape index (κ1) is 26.9. The normalized spacial score (nSPS) is 15.7. The Hall–Kier alpha value is -2.71. The quantitative estimate of drug-likeness (QED) is 0.241. The predicted molar refractivity (Wildman–Crippen MR) is 157 cm³/mol. The molecular formula is C26H29BrIN7O3. The Morgan fingerprint density at radius 2 is 2.13 bits per heavy atom. The second kappa shape index (κ2) is 11.2. The molecule has 1 aromatic carbocycles. The van der Waals surface area contributed by atoms with E-state index in [1.54, 1.807) is 40.6 Å². The summed E-state index contributed by atoms with van der Waals surface area (Å²) < 4.78 is 18.9. The van der Waals surface area contributed by atoms with Crippen LogP contribution in [0.2, 0.25) is 0 Å². The number of rotatable bonds is 8. The fraction of sp³-hybridized carbons (Fsp3) is 0.385. The average molecular weight is 694 g/mol. The van der Waals surface area contributed by atoms with Crippen molar-refractivity contribution in [2.24, 2.45) is 14.1 Å². The highest BCUT2D eigenvalue weighted by molar-refractivity contribution is 14.1. The Morgan fingerprint density at radius 3 is 2.82 bits per heavy atom. The first-order valence-electron chi connectivity index (χ1n) is 12.3. The zero-order valence-electron chi connectivity index (χ0n) is 21.5. The molecule has 1 saturated heterocycles. The van der Waals surface area contributed by atoms with Crippen LogP contribution in [0.15, 0.2) is 35.6 Å². The van der Waals surface area contributed by atoms with E-state index in [0.717, 1.165) is 57.2 Å². The third-order valence-electron chi connectivity index (χ3n) is 6.72. The topological polar surface area (TPSA) is 92.2 Å². The molecule has 4 heterocycles. The van der Waals surface area contributed by atoms with E-state index >= 15 is 0 Å². The summed E-state index contributed by atoms with van der Waals surface area (Å²) in [7, 11) is 5.35. The second-order valence-electron chi connectivity index (χ2n) is 9.23. The highest BCUT2D eigenvalue weighted by atomic mass is 127. The number of aryl methyl sites for hydroxylation is 2. The molecule has 4 aromatic rings. The van der Waals surface area contributed by atoms with Gasteiger partial charge in [0.05, 0.1) is 33.1 Å². The standard InChI is InChI=1S/C26H29BrIN7O3/c1-5-19-17-14-16(9-10-20(17)35(30-19)21-8-6-7-12-37-21)18-15-29-34(4)26(18)38-13-11-32(2)25(36)23-22(28)24(27)31-33(23)3/h5,9-10,14-15,21H,1,6-8,11-13H2,2-4H3. The van der Waals surface area contributed by atoms with Crippen LogP contribution in [0, 0.1) is 3.57 Å². The molecule has 0 N–H and O–H groups in total. The van der Waals surface area contributed by atoms with Gasteiger partial charge in [0.25, 0.3) is 5.91 Å². The lowest BCUT2D eigenvalue weighted by atomic mass is 10.1. The van der Waals surface area contributed by atoms with Gasteiger partial charge in [0.15, 0.2) is 6.23 Å². The number of aromatic nitrogens is 6. The number of hydrogen-bond acceptors (Lipinski definition) is 6. The smallest absolute Gasteiger partial charge is 0.273 e. The Labute approximate surface area is 242 Å². The van der Waals surface area contributed by atoms with Crippen LogP contribution in [0.5, 0.6) is 5.88 Å². The van der Waals surface area contributed by atoms with Gasteiger partial charge in [-0.1, -0.05) is 12.6 Å². The van der Waals surface area contributed by atoms with E-state index in [9.17, 15) is 4.79 Å². The Bertz CT molecular complexity index is 1500. The number of likely N-dealkylation sites (N-methyl/N-ethyl adjacent to an activating group) is 1. The lowest BCUT2D eigenvalue weighted by Crippen LogP contribution is -2.32. The number of ether oxygens (including phenoxy) is 2. The Balaban J connectivity index is 1.35. The van der Waals surface area contributed by atoms with Crippen molar-refractivity contribution < 1.29 is 14.3 Å². The van der Waals surface area contributed by atoms with Gasteiger partial charge in [0, 0.05) is 33.1 Å². The van der Waals surface area contributed by atoms with E-state index in [0.29, 0.717) is 29.3 Å². The van der Waals surface area contributed by atoms with Crippen molar-refractivity contribution >= 4 is 61.4 Å². The lowest BCUT2D eigenvalue weighted by Gasteiger charge is -2.23. The third-order valence-corrected chi connectivity index (χ3v) is 9.04. The van der Waals surface area contributed by atoms with Crippen LogP contribution in [0.1, 0.15) is 41.7 Å². The molecule has 1 amide bonds. The SMILES string of the molecule is C=Cc1nn(C2CCCCO2)c2ccc(-c3cnn(C)c3OCCN(C)C(=O)c3c(I)c(Br)nn3C)cc12. The van der Waals surface area contributed by atoms with E-state index < -0.39 is 0 Å². The Kier molecular flexibility index (Phi) is 7.91. The summed E-state index contributed by atoms with van der Waals surface area (Å²) in [6.45, 7) is 5.43. The first-order valence-corrected chi connectivity index (χ1v) is 14.2. The number of hydrogen-bond donors (Lipinski definition) is 0. The van der Waals surface area contributed by atoms with Crippen molar-refractivity contribution in [1.29, 1.82) is 0 Å². The molecular weight excluding hydrogens is 665 g/mol. The van der Waals surface area contributed by atoms with Gasteiger partial charge in [-0.2, -0.15) is 15.3 Å². The second-order valence-corrected chi connectivity index (χ2v) is 11.1. The minimum absolute atomic E-state index is 0.0569. The van der Waals surface area contributed by atoms with Crippen molar-refractivity contribution in [3.8, 4) is 17.0 Å². The molecule has 0 radical (unpaired) electrons. The van der Waals surface area contributed by atoms with Gasteiger partial charge in [-0.05, 0) is 81.6 Å². The molecule has 1 aliphatic rings. The summed E-state index contributed by atoms with van der Waals surface area (Å²) in [6.07, 6.45) is 6.68. The summed E-state index contributed by atoms with van der Waals surface area (Å²) in [5, 5.41) is 14.5. The molecule has 0 bridgehead atoms. The summed E-state index contributed by atoms with van der Waals surface area (Å²) in [6, 6.07) is 6.22. The number of carbonyl (C=O) groups is 1. The van der Waals surface area contributed by atoms with Crippen LogP contribution in [0.25, 0.3) is 28.1 Å². The molecule has 200 valence electrons. The zero-order chi connectivity index (χ0) is 27.0. The average Bonchev–Trinajstić information content (AvgIpc) is 3.56. The molecule has 38 heavy (non-hydrogen) atoms. The summed E-state index contributed by atoms with van der Waals surface area (Å²) in [5.74, 6) is 0.511. The van der Waals surface area contributed by atoms with Crippen LogP contribution in [0.3, 0.4) is 0 Å². The molecule has 10 nitrogen and oxygen atoms in total. The highest BCUT2D eigenvalue weighted by Gasteiger charge is 2.24. The van der Waals surface area contributed by atoms with Crippen molar-refractivity contribution in [2.75, 3.05) is 26.8 Å². The summed E-state index contributed by atoms with van der Waals surface area (Å²) >= 11 is 5.51. The van der Waals surface area contributed by atoms with Crippen LogP contribution < -0.4 is 4.74 Å². The number of halogens is 2. The van der Waals surface area contributed by atoms with Crippen molar-refractivity contribution in [2.45, 2.75) is 25.5 Å². The van der Waals surface area contributed by atoms with E-state index in [1.807, 2.05) is 11.7 Å². The van der Waals surface area contributed by atoms with Gasteiger partial charge in [-0.3, -0.25) is 9.48 Å². The molecule has 1 aliphatic heterocycles. The van der Waals surface area contributed by atoms with Gasteiger partial charge < -0.3 is 14.4 Å². The highest BCUT2D eigenvalue weighted by Crippen LogP contribution is 2.35. The van der Waals surface area contributed by atoms with Gasteiger partial charge >= 0.3 is 0 Å². The maximum atomic E-state index is 13.0. The molecule has 12 heteroatoms. The third kappa shape index (κ3) is 5.00. The van der Waals surface area contributed by atoms with E-state index in [4.69, 9.17) is 14.6 Å². The Morgan fingerprint density at radius 1 is 1.32 bits per heavy atom. The van der Waals surface area contributed by atoms with Gasteiger partial charge in [-0.25, -0.2) is 9.36 Å². The zero-order valence-corrected chi connectivity index (χ0v) is 25.3. The maximum absolute atomic E-state index is 13.0. The van der Waals surface area contributed by atoms with Gasteiger partial charge in [-0.15, -0.1) is 0 Å². The van der Waals surface area contributed by atoms with Crippen molar-refractivity contribution in [1.82, 2.24) is 34.2 Å². The van der Waals surface area contributed by atoms with Crippen LogP contribution >= 0.6 is 38.5 Å². The lowest BCUT2D eigenvalue weighted by molar-refractivity contribution is -0.0367. The number of benzene rings is 1. The summed E-state index contributed by atoms with van der Waals surface area (Å²) in [4.78, 5) is 14.6. The van der Waals surface area contributed by atoms with Gasteiger partial charge in [0.1, 0.15) is 16.9 Å². The van der Waals surface area contributed by atoms with E-state index in [1.165, 1.54) is 0 Å². The van der Waals surface area contributed by atoms with Crippen LogP contribution in [-0.4, -0.2) is 67.0 Å². The molecule has 0 aliphatic carbocycles. The molecule has 3 aromatic heterocycles. The number of carbonyl (C=O) groups excluding carboxylic acids is 1. The van der Waals surface area contributed by atoms with Crippen molar-refractivity contribution in [3.63, 3.8) is 0 Å². The maximum Gasteiger partial charge on any atom is 0.273 e. The molecule has 0 saturated carbocycles. The number of fused-ring (bicyclic) bond motifs is 1. The molecule has 0 spiro atoms. The van der Waals surface area contributed by atoms with E-state index in [-0.39, 0.29) is 12.1 Å². The molecule has 5 rings (SSSR count). The fourth-order valence-electron chi connectivity index (χ4n) is 4.67. The molecule has 1 unspecified atom stereocenters. The minimum atomic E-state index is -0.120. The summed E-state index contributed by atoms with van der Waals surface area (Å²) in [5.41, 5.74) is 4.20.